The number of carbonyl (C=O) groups excluding carboxylic acids is 3. The lowest BCUT2D eigenvalue weighted by molar-refractivity contribution is -0.147. The molecule has 1 amide bonds. The van der Waals surface area contributed by atoms with Crippen LogP contribution < -0.4 is 5.32 Å². The van der Waals surface area contributed by atoms with E-state index in [4.69, 9.17) is 4.74 Å². The second-order valence-corrected chi connectivity index (χ2v) is 5.51. The number of esters is 1. The number of carbonyl (C=O) groups is 3. The fourth-order valence-corrected chi connectivity index (χ4v) is 2.34. The van der Waals surface area contributed by atoms with Gasteiger partial charge in [-0.05, 0) is 18.1 Å². The molecule has 1 N–H and O–H groups in total. The number of hydrogen-bond acceptors (Lipinski definition) is 4. The molecule has 0 aliphatic heterocycles. The van der Waals surface area contributed by atoms with Crippen molar-refractivity contribution in [1.29, 1.82) is 0 Å². The zero-order valence-electron chi connectivity index (χ0n) is 14.2. The Morgan fingerprint density at radius 2 is 1.60 bits per heavy atom. The summed E-state index contributed by atoms with van der Waals surface area (Å²) >= 11 is 0. The van der Waals surface area contributed by atoms with Crippen molar-refractivity contribution in [3.8, 4) is 0 Å². The fourth-order valence-electron chi connectivity index (χ4n) is 2.34. The van der Waals surface area contributed by atoms with Crippen LogP contribution in [-0.2, 0) is 20.7 Å². The fraction of sp³-hybridized carbons (Fsp3) is 0.250. The lowest BCUT2D eigenvalue weighted by atomic mass is 10.1. The number of ether oxygens (including phenoxy) is 1. The summed E-state index contributed by atoms with van der Waals surface area (Å²) in [5.74, 6) is -1.09. The molecule has 5 heteroatoms. The van der Waals surface area contributed by atoms with Gasteiger partial charge in [0.2, 0.25) is 0 Å². The number of aryl methyl sites for hydroxylation is 1. The van der Waals surface area contributed by atoms with Gasteiger partial charge < -0.3 is 10.1 Å². The first-order chi connectivity index (χ1) is 12.1. The molecule has 0 saturated heterocycles. The minimum atomic E-state index is -0.566. The zero-order valence-corrected chi connectivity index (χ0v) is 14.2. The third kappa shape index (κ3) is 5.88. The van der Waals surface area contributed by atoms with Crippen molar-refractivity contribution in [3.05, 3.63) is 65.7 Å². The second kappa shape index (κ2) is 9.37. The van der Waals surface area contributed by atoms with Crippen molar-refractivity contribution < 1.29 is 19.1 Å². The van der Waals surface area contributed by atoms with E-state index in [1.807, 2.05) is 31.2 Å². The maximum absolute atomic E-state index is 11.9. The van der Waals surface area contributed by atoms with Gasteiger partial charge in [-0.15, -0.1) is 0 Å². The summed E-state index contributed by atoms with van der Waals surface area (Å²) in [4.78, 5) is 35.5. The molecule has 0 bridgehead atoms. The first-order valence-electron chi connectivity index (χ1n) is 8.21. The molecule has 0 unspecified atom stereocenters. The highest BCUT2D eigenvalue weighted by molar-refractivity contribution is 5.98. The number of nitrogens with one attached hydrogen (secondary N) is 1. The predicted molar refractivity (Wildman–Crippen MR) is 95.4 cm³/mol. The number of para-hydroxylation sites is 1. The van der Waals surface area contributed by atoms with Crippen LogP contribution in [0.1, 0.15) is 35.7 Å². The van der Waals surface area contributed by atoms with E-state index >= 15 is 0 Å². The van der Waals surface area contributed by atoms with Crippen molar-refractivity contribution in [2.24, 2.45) is 0 Å². The molecule has 0 radical (unpaired) electrons. The third-order valence-electron chi connectivity index (χ3n) is 3.69. The Morgan fingerprint density at radius 3 is 2.32 bits per heavy atom. The van der Waals surface area contributed by atoms with Gasteiger partial charge in [0.1, 0.15) is 0 Å². The van der Waals surface area contributed by atoms with E-state index in [0.29, 0.717) is 11.3 Å². The highest BCUT2D eigenvalue weighted by atomic mass is 16.5. The van der Waals surface area contributed by atoms with Crippen molar-refractivity contribution in [2.45, 2.75) is 26.2 Å². The maximum Gasteiger partial charge on any atom is 0.306 e. The van der Waals surface area contributed by atoms with E-state index in [1.54, 1.807) is 30.3 Å². The largest absolute Gasteiger partial charge is 0.456 e. The van der Waals surface area contributed by atoms with Crippen LogP contribution in [0.3, 0.4) is 0 Å². The van der Waals surface area contributed by atoms with Crippen molar-refractivity contribution in [2.75, 3.05) is 11.9 Å². The number of anilines is 1. The molecule has 0 heterocycles. The molecule has 0 fully saturated rings. The Kier molecular flexibility index (Phi) is 6.89. The van der Waals surface area contributed by atoms with Crippen LogP contribution in [0.2, 0.25) is 0 Å². The van der Waals surface area contributed by atoms with Crippen molar-refractivity contribution >= 4 is 23.3 Å². The summed E-state index contributed by atoms with van der Waals surface area (Å²) in [5.41, 5.74) is 2.28. The van der Waals surface area contributed by atoms with Crippen LogP contribution in [0.5, 0.6) is 0 Å². The van der Waals surface area contributed by atoms with Gasteiger partial charge in [-0.25, -0.2) is 0 Å². The topological polar surface area (TPSA) is 72.5 Å². The number of hydrogen-bond donors (Lipinski definition) is 1. The Bertz CT molecular complexity index is 740. The SMILES string of the molecule is CCc1ccccc1NC(=O)COC(=O)CCC(=O)c1ccccc1. The third-order valence-corrected chi connectivity index (χ3v) is 3.69. The van der Waals surface area contributed by atoms with Gasteiger partial charge in [-0.3, -0.25) is 14.4 Å². The molecular weight excluding hydrogens is 318 g/mol. The Balaban J connectivity index is 1.74. The van der Waals surface area contributed by atoms with E-state index < -0.39 is 11.9 Å². The van der Waals surface area contributed by atoms with E-state index in [1.165, 1.54) is 0 Å². The highest BCUT2D eigenvalue weighted by Crippen LogP contribution is 2.15. The van der Waals surface area contributed by atoms with Crippen molar-refractivity contribution in [3.63, 3.8) is 0 Å². The highest BCUT2D eigenvalue weighted by Gasteiger charge is 2.12. The molecule has 25 heavy (non-hydrogen) atoms. The molecular formula is C20H21NO4. The van der Waals surface area contributed by atoms with Crippen LogP contribution in [0.4, 0.5) is 5.69 Å². The lowest BCUT2D eigenvalue weighted by Crippen LogP contribution is -2.21. The quantitative estimate of drug-likeness (QED) is 0.591. The molecule has 2 rings (SSSR count). The van der Waals surface area contributed by atoms with Gasteiger partial charge in [0.15, 0.2) is 12.4 Å². The molecule has 0 saturated carbocycles. The Labute approximate surface area is 147 Å². The number of Topliss-reactive ketones (excluding diaryl/α,β-unsaturated/α-hetero) is 1. The van der Waals surface area contributed by atoms with Gasteiger partial charge in [0.25, 0.3) is 5.91 Å². The second-order valence-electron chi connectivity index (χ2n) is 5.51. The number of ketones is 1. The standard InChI is InChI=1S/C20H21NO4/c1-2-15-8-6-7-11-17(15)21-19(23)14-25-20(24)13-12-18(22)16-9-4-3-5-10-16/h3-11H,2,12-14H2,1H3,(H,21,23). The van der Waals surface area contributed by atoms with Gasteiger partial charge in [-0.2, -0.15) is 0 Å². The molecule has 0 aliphatic rings. The van der Waals surface area contributed by atoms with Crippen molar-refractivity contribution in [1.82, 2.24) is 0 Å². The summed E-state index contributed by atoms with van der Waals surface area (Å²) in [7, 11) is 0. The number of amides is 1. The van der Waals surface area contributed by atoms with E-state index in [2.05, 4.69) is 5.32 Å². The Hall–Kier alpha value is -2.95. The molecule has 0 aliphatic carbocycles. The molecule has 0 aromatic heterocycles. The minimum absolute atomic E-state index is 0.0491. The average Bonchev–Trinajstić information content (AvgIpc) is 2.65. The van der Waals surface area contributed by atoms with Crippen LogP contribution >= 0.6 is 0 Å². The number of rotatable bonds is 8. The average molecular weight is 339 g/mol. The van der Waals surface area contributed by atoms with Crippen LogP contribution in [0.15, 0.2) is 54.6 Å². The van der Waals surface area contributed by atoms with E-state index in [0.717, 1.165) is 12.0 Å². The first kappa shape index (κ1) is 18.4. The first-order valence-corrected chi connectivity index (χ1v) is 8.21. The molecule has 130 valence electrons. The van der Waals surface area contributed by atoms with Gasteiger partial charge in [-0.1, -0.05) is 55.5 Å². The molecule has 0 atom stereocenters. The molecule has 2 aromatic rings. The lowest BCUT2D eigenvalue weighted by Gasteiger charge is -2.10. The number of benzene rings is 2. The maximum atomic E-state index is 11.9. The van der Waals surface area contributed by atoms with E-state index in [-0.39, 0.29) is 25.2 Å². The van der Waals surface area contributed by atoms with Crippen LogP contribution in [0, 0.1) is 0 Å². The van der Waals surface area contributed by atoms with Gasteiger partial charge in [0.05, 0.1) is 6.42 Å². The monoisotopic (exact) mass is 339 g/mol. The van der Waals surface area contributed by atoms with Crippen LogP contribution in [0.25, 0.3) is 0 Å². The molecule has 2 aromatic carbocycles. The summed E-state index contributed by atoms with van der Waals surface area (Å²) in [5, 5.41) is 2.72. The van der Waals surface area contributed by atoms with E-state index in [9.17, 15) is 14.4 Å². The summed E-state index contributed by atoms with van der Waals surface area (Å²) in [6.45, 7) is 1.63. The molecule has 0 spiro atoms. The normalized spacial score (nSPS) is 10.1. The van der Waals surface area contributed by atoms with Crippen LogP contribution in [-0.4, -0.2) is 24.3 Å². The Morgan fingerprint density at radius 1 is 0.920 bits per heavy atom. The minimum Gasteiger partial charge on any atom is -0.456 e. The van der Waals surface area contributed by atoms with Gasteiger partial charge in [0, 0.05) is 17.7 Å². The molecule has 5 nitrogen and oxygen atoms in total. The summed E-state index contributed by atoms with van der Waals surface area (Å²) < 4.78 is 4.93. The predicted octanol–water partition coefficient (Wildman–Crippen LogP) is 3.39. The summed E-state index contributed by atoms with van der Waals surface area (Å²) in [6.07, 6.45) is 0.799. The van der Waals surface area contributed by atoms with Gasteiger partial charge >= 0.3 is 5.97 Å². The smallest absolute Gasteiger partial charge is 0.306 e. The summed E-state index contributed by atoms with van der Waals surface area (Å²) in [6, 6.07) is 16.2. The zero-order chi connectivity index (χ0) is 18.1.